The summed E-state index contributed by atoms with van der Waals surface area (Å²) in [5.41, 5.74) is 6.77. The summed E-state index contributed by atoms with van der Waals surface area (Å²) in [6, 6.07) is 7.61. The number of fused-ring (bicyclic) bond motifs is 1. The first kappa shape index (κ1) is 15.7. The number of aryl methyl sites for hydroxylation is 2. The number of hydrogen-bond acceptors (Lipinski definition) is 3. The average Bonchev–Trinajstić information content (AvgIpc) is 2.99. The molecular formula is C17H17FN2O2S. The van der Waals surface area contributed by atoms with Crippen molar-refractivity contribution in [2.24, 2.45) is 0 Å². The van der Waals surface area contributed by atoms with Gasteiger partial charge in [0, 0.05) is 4.88 Å². The highest BCUT2D eigenvalue weighted by Gasteiger charge is 2.17. The maximum Gasteiger partial charge on any atom is 0.279 e. The van der Waals surface area contributed by atoms with E-state index >= 15 is 0 Å². The van der Waals surface area contributed by atoms with Crippen molar-refractivity contribution in [2.45, 2.75) is 32.1 Å². The van der Waals surface area contributed by atoms with Gasteiger partial charge in [0.2, 0.25) is 5.91 Å². The molecule has 4 nitrogen and oxygen atoms in total. The van der Waals surface area contributed by atoms with Gasteiger partial charge in [-0.1, -0.05) is 12.1 Å². The van der Waals surface area contributed by atoms with Gasteiger partial charge in [-0.05, 0) is 55.0 Å². The fourth-order valence-electron chi connectivity index (χ4n) is 2.62. The molecule has 1 heterocycles. The van der Waals surface area contributed by atoms with Gasteiger partial charge >= 0.3 is 0 Å². The SMILES string of the molecule is O=C(Cc1ccc(F)cc1)NNC(=O)c1cc2c(s1)CCCC2. The molecule has 0 spiro atoms. The third kappa shape index (κ3) is 3.96. The summed E-state index contributed by atoms with van der Waals surface area (Å²) in [5.74, 6) is -0.979. The Hall–Kier alpha value is -2.21. The zero-order chi connectivity index (χ0) is 16.2. The van der Waals surface area contributed by atoms with Crippen molar-refractivity contribution >= 4 is 23.2 Å². The Morgan fingerprint density at radius 3 is 2.57 bits per heavy atom. The molecule has 0 unspecified atom stereocenters. The average molecular weight is 332 g/mol. The van der Waals surface area contributed by atoms with Crippen LogP contribution in [0.4, 0.5) is 4.39 Å². The molecule has 0 bridgehead atoms. The fraction of sp³-hybridized carbons (Fsp3) is 0.294. The molecule has 1 aliphatic carbocycles. The lowest BCUT2D eigenvalue weighted by Gasteiger charge is -2.08. The second kappa shape index (κ2) is 6.91. The number of carbonyl (C=O) groups is 2. The van der Waals surface area contributed by atoms with Crippen LogP contribution in [0, 0.1) is 5.82 Å². The number of halogens is 1. The molecule has 2 N–H and O–H groups in total. The van der Waals surface area contributed by atoms with Gasteiger partial charge in [-0.2, -0.15) is 0 Å². The lowest BCUT2D eigenvalue weighted by atomic mass is 9.99. The summed E-state index contributed by atoms with van der Waals surface area (Å²) in [5, 5.41) is 0. The van der Waals surface area contributed by atoms with Crippen molar-refractivity contribution in [3.8, 4) is 0 Å². The lowest BCUT2D eigenvalue weighted by molar-refractivity contribution is -0.121. The van der Waals surface area contributed by atoms with E-state index in [-0.39, 0.29) is 24.1 Å². The number of amides is 2. The summed E-state index contributed by atoms with van der Waals surface area (Å²) in [6.45, 7) is 0. The molecule has 0 atom stereocenters. The van der Waals surface area contributed by atoms with Crippen LogP contribution in [-0.2, 0) is 24.1 Å². The number of benzene rings is 1. The summed E-state index contributed by atoms with van der Waals surface area (Å²) >= 11 is 1.50. The minimum atomic E-state index is -0.343. The first-order valence-corrected chi connectivity index (χ1v) is 8.38. The normalized spacial score (nSPS) is 13.3. The molecule has 2 amide bonds. The van der Waals surface area contributed by atoms with Gasteiger partial charge in [0.15, 0.2) is 0 Å². The predicted octanol–water partition coefficient (Wildman–Crippen LogP) is 2.77. The highest BCUT2D eigenvalue weighted by atomic mass is 32.1. The molecule has 3 rings (SSSR count). The molecule has 0 saturated carbocycles. The molecule has 23 heavy (non-hydrogen) atoms. The van der Waals surface area contributed by atoms with E-state index < -0.39 is 0 Å². The molecular weight excluding hydrogens is 315 g/mol. The standard InChI is InChI=1S/C17H17FN2O2S/c18-13-7-5-11(6-8-13)9-16(21)19-20-17(22)15-10-12-3-1-2-4-14(12)23-15/h5-8,10H,1-4,9H2,(H,19,21)(H,20,22). The van der Waals surface area contributed by atoms with Gasteiger partial charge in [-0.25, -0.2) is 4.39 Å². The number of thiophene rings is 1. The van der Waals surface area contributed by atoms with E-state index in [0.717, 1.165) is 12.8 Å². The van der Waals surface area contributed by atoms with Gasteiger partial charge in [0.1, 0.15) is 5.82 Å². The third-order valence-corrected chi connectivity index (χ3v) is 5.05. The Morgan fingerprint density at radius 2 is 1.83 bits per heavy atom. The van der Waals surface area contributed by atoms with Crippen molar-refractivity contribution in [1.82, 2.24) is 10.9 Å². The molecule has 2 aromatic rings. The van der Waals surface area contributed by atoms with Crippen LogP contribution < -0.4 is 10.9 Å². The largest absolute Gasteiger partial charge is 0.279 e. The van der Waals surface area contributed by atoms with E-state index in [0.29, 0.717) is 10.4 Å². The van der Waals surface area contributed by atoms with Crippen molar-refractivity contribution in [3.05, 3.63) is 57.0 Å². The minimum absolute atomic E-state index is 0.0848. The van der Waals surface area contributed by atoms with Crippen LogP contribution in [0.2, 0.25) is 0 Å². The first-order valence-electron chi connectivity index (χ1n) is 7.57. The van der Waals surface area contributed by atoms with E-state index in [1.807, 2.05) is 6.07 Å². The van der Waals surface area contributed by atoms with Gasteiger partial charge in [0.05, 0.1) is 11.3 Å². The highest BCUT2D eigenvalue weighted by Crippen LogP contribution is 2.29. The topological polar surface area (TPSA) is 58.2 Å². The van der Waals surface area contributed by atoms with Crippen molar-refractivity contribution in [2.75, 3.05) is 0 Å². The van der Waals surface area contributed by atoms with Crippen LogP contribution in [0.25, 0.3) is 0 Å². The van der Waals surface area contributed by atoms with Gasteiger partial charge < -0.3 is 0 Å². The smallest absolute Gasteiger partial charge is 0.273 e. The summed E-state index contributed by atoms with van der Waals surface area (Å²) in [4.78, 5) is 25.8. The fourth-order valence-corrected chi connectivity index (χ4v) is 3.77. The van der Waals surface area contributed by atoms with Crippen LogP contribution >= 0.6 is 11.3 Å². The van der Waals surface area contributed by atoms with Crippen molar-refractivity contribution < 1.29 is 14.0 Å². The maximum absolute atomic E-state index is 12.8. The van der Waals surface area contributed by atoms with E-state index in [1.54, 1.807) is 12.1 Å². The Kier molecular flexibility index (Phi) is 4.71. The quantitative estimate of drug-likeness (QED) is 0.849. The Labute approximate surface area is 137 Å². The van der Waals surface area contributed by atoms with Crippen molar-refractivity contribution in [1.29, 1.82) is 0 Å². The predicted molar refractivity (Wildman–Crippen MR) is 86.7 cm³/mol. The third-order valence-electron chi connectivity index (χ3n) is 3.81. The Balaban J connectivity index is 1.53. The van der Waals surface area contributed by atoms with Crippen LogP contribution in [-0.4, -0.2) is 11.8 Å². The molecule has 6 heteroatoms. The number of carbonyl (C=O) groups excluding carboxylic acids is 2. The molecule has 0 fully saturated rings. The van der Waals surface area contributed by atoms with E-state index in [1.165, 1.54) is 46.8 Å². The second-order valence-electron chi connectivity index (χ2n) is 5.57. The molecule has 1 aromatic carbocycles. The Bertz CT molecular complexity index is 701. The van der Waals surface area contributed by atoms with Crippen molar-refractivity contribution in [3.63, 3.8) is 0 Å². The molecule has 0 saturated heterocycles. The van der Waals surface area contributed by atoms with Gasteiger partial charge in [-0.3, -0.25) is 20.4 Å². The summed E-state index contributed by atoms with van der Waals surface area (Å²) in [6.07, 6.45) is 4.48. The van der Waals surface area contributed by atoms with E-state index in [9.17, 15) is 14.0 Å². The molecule has 1 aromatic heterocycles. The first-order chi connectivity index (χ1) is 11.1. The summed E-state index contributed by atoms with van der Waals surface area (Å²) in [7, 11) is 0. The Morgan fingerprint density at radius 1 is 1.09 bits per heavy atom. The molecule has 1 aliphatic rings. The van der Waals surface area contributed by atoms with Crippen LogP contribution in [0.3, 0.4) is 0 Å². The number of rotatable bonds is 3. The molecule has 0 radical (unpaired) electrons. The number of nitrogens with one attached hydrogen (secondary N) is 2. The monoisotopic (exact) mass is 332 g/mol. The highest BCUT2D eigenvalue weighted by molar-refractivity contribution is 7.14. The zero-order valence-electron chi connectivity index (χ0n) is 12.5. The lowest BCUT2D eigenvalue weighted by Crippen LogP contribution is -2.42. The van der Waals surface area contributed by atoms with Gasteiger partial charge in [-0.15, -0.1) is 11.3 Å². The summed E-state index contributed by atoms with van der Waals surface area (Å²) < 4.78 is 12.8. The minimum Gasteiger partial charge on any atom is -0.273 e. The van der Waals surface area contributed by atoms with Crippen LogP contribution in [0.15, 0.2) is 30.3 Å². The second-order valence-corrected chi connectivity index (χ2v) is 6.71. The van der Waals surface area contributed by atoms with Gasteiger partial charge in [0.25, 0.3) is 5.91 Å². The van der Waals surface area contributed by atoms with Crippen LogP contribution in [0.5, 0.6) is 0 Å². The van der Waals surface area contributed by atoms with E-state index in [2.05, 4.69) is 10.9 Å². The number of hydrogen-bond donors (Lipinski definition) is 2. The maximum atomic E-state index is 12.8. The van der Waals surface area contributed by atoms with Crippen LogP contribution in [0.1, 0.15) is 38.5 Å². The number of hydrazine groups is 1. The molecule has 0 aliphatic heterocycles. The van der Waals surface area contributed by atoms with E-state index in [4.69, 9.17) is 0 Å². The molecule has 120 valence electrons. The zero-order valence-corrected chi connectivity index (χ0v) is 13.3.